The topological polar surface area (TPSA) is 92.3 Å². The fourth-order valence-corrected chi connectivity index (χ4v) is 5.07. The Morgan fingerprint density at radius 2 is 1.81 bits per heavy atom. The highest BCUT2D eigenvalue weighted by atomic mass is 35.5. The van der Waals surface area contributed by atoms with Gasteiger partial charge in [0, 0.05) is 22.1 Å². The van der Waals surface area contributed by atoms with Crippen LogP contribution in [-0.2, 0) is 6.61 Å². The molecule has 9 heteroatoms. The largest absolute Gasteiger partial charge is 0.486 e. The molecule has 3 aromatic rings. The third kappa shape index (κ3) is 7.21. The number of anilines is 1. The smallest absolute Gasteiger partial charge is 0.319 e. The molecule has 1 saturated carbocycles. The van der Waals surface area contributed by atoms with E-state index in [1.165, 1.54) is 16.9 Å². The van der Waals surface area contributed by atoms with Crippen molar-refractivity contribution in [1.82, 2.24) is 15.6 Å². The summed E-state index contributed by atoms with van der Waals surface area (Å²) in [5.41, 5.74) is 2.24. The molecule has 1 heterocycles. The molecule has 2 aromatic carbocycles. The zero-order valence-electron chi connectivity index (χ0n) is 20.4. The van der Waals surface area contributed by atoms with E-state index in [1.807, 2.05) is 12.1 Å². The van der Waals surface area contributed by atoms with Gasteiger partial charge in [-0.05, 0) is 54.7 Å². The molecule has 0 unspecified atom stereocenters. The molecule has 0 spiro atoms. The van der Waals surface area contributed by atoms with Gasteiger partial charge in [-0.25, -0.2) is 9.78 Å². The molecule has 0 aliphatic heterocycles. The standard InChI is InChI=1S/C27H31ClN4O3S/c1-17(2)18-10-12-21(13-11-18)35-15-25-30-24(16-36-25)26(33)31-22-8-3-4-9-23(22)32-27(34)29-20-7-5-6-19(28)14-20/h5-7,10-14,16-17,22-23H,3-4,8-9,15H2,1-2H3,(H,31,33)(H2,29,32,34)/t22-,23+/m1/s1. The average molecular weight is 527 g/mol. The maximum Gasteiger partial charge on any atom is 0.319 e. The van der Waals surface area contributed by atoms with E-state index >= 15 is 0 Å². The molecule has 190 valence electrons. The first-order valence-electron chi connectivity index (χ1n) is 12.2. The SMILES string of the molecule is CC(C)c1ccc(OCc2nc(C(=O)N[C@@H]3CCCC[C@@H]3NC(=O)Nc3cccc(Cl)c3)cs2)cc1. The lowest BCUT2D eigenvalue weighted by molar-refractivity contribution is 0.0911. The number of ether oxygens (including phenoxy) is 1. The van der Waals surface area contributed by atoms with Gasteiger partial charge in [0.25, 0.3) is 5.91 Å². The molecule has 36 heavy (non-hydrogen) atoms. The van der Waals surface area contributed by atoms with E-state index in [2.05, 4.69) is 46.9 Å². The van der Waals surface area contributed by atoms with Crippen LogP contribution in [0.2, 0.25) is 5.02 Å². The van der Waals surface area contributed by atoms with Crippen LogP contribution in [0.25, 0.3) is 0 Å². The van der Waals surface area contributed by atoms with Crippen molar-refractivity contribution in [2.75, 3.05) is 5.32 Å². The van der Waals surface area contributed by atoms with Crippen molar-refractivity contribution in [2.24, 2.45) is 0 Å². The van der Waals surface area contributed by atoms with Crippen LogP contribution in [0.4, 0.5) is 10.5 Å². The number of aromatic nitrogens is 1. The molecule has 1 aliphatic rings. The summed E-state index contributed by atoms with van der Waals surface area (Å²) in [6.07, 6.45) is 3.57. The molecular formula is C27H31ClN4O3S. The van der Waals surface area contributed by atoms with E-state index in [1.54, 1.807) is 29.6 Å². The van der Waals surface area contributed by atoms with Gasteiger partial charge in [0.15, 0.2) is 0 Å². The second-order valence-corrected chi connectivity index (χ2v) is 10.6. The molecule has 0 bridgehead atoms. The Kier molecular flexibility index (Phi) is 8.83. The first kappa shape index (κ1) is 26.0. The normalized spacial score (nSPS) is 17.4. The summed E-state index contributed by atoms with van der Waals surface area (Å²) in [5, 5.41) is 11.9. The number of rotatable bonds is 8. The van der Waals surface area contributed by atoms with E-state index in [4.69, 9.17) is 16.3 Å². The molecule has 0 radical (unpaired) electrons. The van der Waals surface area contributed by atoms with Crippen LogP contribution in [0.15, 0.2) is 53.9 Å². The second-order valence-electron chi connectivity index (χ2n) is 9.22. The van der Waals surface area contributed by atoms with Crippen molar-refractivity contribution in [2.45, 2.75) is 64.1 Å². The first-order valence-corrected chi connectivity index (χ1v) is 13.4. The minimum atomic E-state index is -0.321. The molecule has 7 nitrogen and oxygen atoms in total. The summed E-state index contributed by atoms with van der Waals surface area (Å²) in [5.74, 6) is 0.996. The fraction of sp³-hybridized carbons (Fsp3) is 0.370. The van der Waals surface area contributed by atoms with Crippen LogP contribution in [-0.4, -0.2) is 29.0 Å². The van der Waals surface area contributed by atoms with Crippen LogP contribution >= 0.6 is 22.9 Å². The van der Waals surface area contributed by atoms with E-state index in [0.717, 1.165) is 36.4 Å². The van der Waals surface area contributed by atoms with Crippen LogP contribution in [0, 0.1) is 0 Å². The fourth-order valence-electron chi connectivity index (χ4n) is 4.20. The summed E-state index contributed by atoms with van der Waals surface area (Å²) < 4.78 is 5.84. The van der Waals surface area contributed by atoms with Gasteiger partial charge in [-0.3, -0.25) is 4.79 Å². The lowest BCUT2D eigenvalue weighted by Gasteiger charge is -2.32. The number of carbonyl (C=O) groups is 2. The molecule has 1 aromatic heterocycles. The Hall–Kier alpha value is -3.10. The Balaban J connectivity index is 1.30. The van der Waals surface area contributed by atoms with Crippen molar-refractivity contribution in [3.63, 3.8) is 0 Å². The summed E-state index contributed by atoms with van der Waals surface area (Å²) in [7, 11) is 0. The minimum absolute atomic E-state index is 0.169. The number of urea groups is 1. The van der Waals surface area contributed by atoms with Crippen molar-refractivity contribution in [1.29, 1.82) is 0 Å². The maximum atomic E-state index is 12.9. The maximum absolute atomic E-state index is 12.9. The van der Waals surface area contributed by atoms with Gasteiger partial charge in [0.05, 0.1) is 6.04 Å². The van der Waals surface area contributed by atoms with Crippen molar-refractivity contribution in [3.05, 3.63) is 75.2 Å². The van der Waals surface area contributed by atoms with Gasteiger partial charge < -0.3 is 20.7 Å². The summed E-state index contributed by atoms with van der Waals surface area (Å²) in [4.78, 5) is 29.9. The van der Waals surface area contributed by atoms with Gasteiger partial charge in [0.2, 0.25) is 0 Å². The van der Waals surface area contributed by atoms with Gasteiger partial charge >= 0.3 is 6.03 Å². The quantitative estimate of drug-likeness (QED) is 0.318. The number of carbonyl (C=O) groups excluding carboxylic acids is 2. The Bertz CT molecular complexity index is 1180. The number of nitrogens with zero attached hydrogens (tertiary/aromatic N) is 1. The predicted octanol–water partition coefficient (Wildman–Crippen LogP) is 6.36. The van der Waals surface area contributed by atoms with E-state index in [-0.39, 0.29) is 24.0 Å². The highest BCUT2D eigenvalue weighted by Gasteiger charge is 2.28. The van der Waals surface area contributed by atoms with E-state index < -0.39 is 0 Å². The highest BCUT2D eigenvalue weighted by Crippen LogP contribution is 2.22. The van der Waals surface area contributed by atoms with Crippen LogP contribution in [0.3, 0.4) is 0 Å². The number of halogens is 1. The third-order valence-corrected chi connectivity index (χ3v) is 7.23. The average Bonchev–Trinajstić information content (AvgIpc) is 3.33. The monoisotopic (exact) mass is 526 g/mol. The van der Waals surface area contributed by atoms with Gasteiger partial charge in [0.1, 0.15) is 23.1 Å². The van der Waals surface area contributed by atoms with Gasteiger partial charge in [-0.2, -0.15) is 0 Å². The Morgan fingerprint density at radius 1 is 1.08 bits per heavy atom. The van der Waals surface area contributed by atoms with Crippen LogP contribution in [0.5, 0.6) is 5.75 Å². The summed E-state index contributed by atoms with van der Waals surface area (Å²) >= 11 is 7.39. The van der Waals surface area contributed by atoms with Crippen molar-refractivity contribution in [3.8, 4) is 5.75 Å². The number of nitrogens with one attached hydrogen (secondary N) is 3. The molecule has 0 saturated heterocycles. The van der Waals surface area contributed by atoms with Crippen LogP contribution in [0.1, 0.15) is 66.5 Å². The highest BCUT2D eigenvalue weighted by molar-refractivity contribution is 7.09. The lowest BCUT2D eigenvalue weighted by Crippen LogP contribution is -2.54. The second kappa shape index (κ2) is 12.2. The van der Waals surface area contributed by atoms with E-state index in [0.29, 0.717) is 28.9 Å². The zero-order valence-corrected chi connectivity index (χ0v) is 22.0. The number of benzene rings is 2. The molecule has 1 fully saturated rings. The van der Waals surface area contributed by atoms with E-state index in [9.17, 15) is 9.59 Å². The number of thiazole rings is 1. The first-order chi connectivity index (χ1) is 17.4. The van der Waals surface area contributed by atoms with Gasteiger partial charge in [-0.15, -0.1) is 11.3 Å². The van der Waals surface area contributed by atoms with Crippen molar-refractivity contribution >= 4 is 40.6 Å². The third-order valence-electron chi connectivity index (χ3n) is 6.17. The lowest BCUT2D eigenvalue weighted by atomic mass is 9.90. The molecule has 2 atom stereocenters. The Labute approximate surface area is 220 Å². The van der Waals surface area contributed by atoms with Crippen LogP contribution < -0.4 is 20.7 Å². The summed E-state index contributed by atoms with van der Waals surface area (Å²) in [6.45, 7) is 4.61. The zero-order chi connectivity index (χ0) is 25.5. The molecule has 3 amide bonds. The Morgan fingerprint density at radius 3 is 2.50 bits per heavy atom. The predicted molar refractivity (Wildman–Crippen MR) is 144 cm³/mol. The van der Waals surface area contributed by atoms with Crippen molar-refractivity contribution < 1.29 is 14.3 Å². The molecule has 3 N–H and O–H groups in total. The molecule has 1 aliphatic carbocycles. The molecule has 4 rings (SSSR count). The molecular weight excluding hydrogens is 496 g/mol. The number of hydrogen-bond donors (Lipinski definition) is 3. The number of hydrogen-bond acceptors (Lipinski definition) is 5. The van der Waals surface area contributed by atoms with Gasteiger partial charge in [-0.1, -0.05) is 56.5 Å². The minimum Gasteiger partial charge on any atom is -0.486 e. The number of amides is 3. The summed E-state index contributed by atoms with van der Waals surface area (Å²) in [6, 6.07) is 14.3.